The minimum atomic E-state index is -4.31. The molecular weight excluding hydrogens is 281 g/mol. The summed E-state index contributed by atoms with van der Waals surface area (Å²) in [5.74, 6) is 5.52. The Morgan fingerprint density at radius 3 is 2.29 bits per heavy atom. The normalized spacial score (nSPS) is 13.4. The first-order valence-electron chi connectivity index (χ1n) is 6.48. The lowest BCUT2D eigenvalue weighted by Crippen LogP contribution is -2.38. The van der Waals surface area contributed by atoms with E-state index >= 15 is 0 Å². The number of rotatable bonds is 5. The van der Waals surface area contributed by atoms with Crippen LogP contribution in [0.4, 0.5) is 13.2 Å². The van der Waals surface area contributed by atoms with Gasteiger partial charge in [-0.2, -0.15) is 18.3 Å². The predicted molar refractivity (Wildman–Crippen MR) is 73.2 cm³/mol. The van der Waals surface area contributed by atoms with Crippen molar-refractivity contribution in [3.05, 3.63) is 53.3 Å². The monoisotopic (exact) mass is 298 g/mol. The Hall–Kier alpha value is -1.86. The van der Waals surface area contributed by atoms with Gasteiger partial charge >= 0.3 is 6.18 Å². The number of aryl methyl sites for hydroxylation is 1. The average molecular weight is 298 g/mol. The summed E-state index contributed by atoms with van der Waals surface area (Å²) in [6.45, 7) is 0. The highest BCUT2D eigenvalue weighted by atomic mass is 19.4. The molecule has 0 bridgehead atoms. The number of nitrogens with two attached hydrogens (primary N) is 1. The van der Waals surface area contributed by atoms with Crippen molar-refractivity contribution in [1.29, 1.82) is 0 Å². The highest BCUT2D eigenvalue weighted by Gasteiger charge is 2.29. The molecule has 1 heterocycles. The summed E-state index contributed by atoms with van der Waals surface area (Å²) in [6, 6.07) is 5.08. The maximum atomic E-state index is 12.5. The first-order valence-corrected chi connectivity index (χ1v) is 6.48. The van der Waals surface area contributed by atoms with Gasteiger partial charge in [0.05, 0.1) is 11.8 Å². The van der Waals surface area contributed by atoms with Gasteiger partial charge in [0.25, 0.3) is 0 Å². The number of aromatic nitrogens is 2. The van der Waals surface area contributed by atoms with Gasteiger partial charge in [-0.05, 0) is 36.1 Å². The molecule has 1 unspecified atom stereocenters. The van der Waals surface area contributed by atoms with Crippen LogP contribution in [0.3, 0.4) is 0 Å². The molecule has 1 aromatic heterocycles. The summed E-state index contributed by atoms with van der Waals surface area (Å²) in [4.78, 5) is 0. The third-order valence-electron chi connectivity index (χ3n) is 3.24. The molecule has 1 atom stereocenters. The lowest BCUT2D eigenvalue weighted by atomic mass is 10.00. The lowest BCUT2D eigenvalue weighted by molar-refractivity contribution is -0.137. The molecule has 0 aliphatic carbocycles. The Kier molecular flexibility index (Phi) is 4.64. The number of alkyl halides is 3. The van der Waals surface area contributed by atoms with Gasteiger partial charge in [-0.15, -0.1) is 0 Å². The summed E-state index contributed by atoms with van der Waals surface area (Å²) in [6.07, 6.45) is 0.531. The van der Waals surface area contributed by atoms with E-state index in [0.29, 0.717) is 12.8 Å². The smallest absolute Gasteiger partial charge is 0.276 e. The molecule has 21 heavy (non-hydrogen) atoms. The Morgan fingerprint density at radius 2 is 1.81 bits per heavy atom. The second-order valence-corrected chi connectivity index (χ2v) is 4.99. The molecule has 114 valence electrons. The summed E-state index contributed by atoms with van der Waals surface area (Å²) < 4.78 is 39.2. The maximum Gasteiger partial charge on any atom is 0.416 e. The third-order valence-corrected chi connectivity index (χ3v) is 3.24. The fourth-order valence-electron chi connectivity index (χ4n) is 2.17. The predicted octanol–water partition coefficient (Wildman–Crippen LogP) is 2.06. The Bertz CT molecular complexity index is 575. The van der Waals surface area contributed by atoms with Crippen molar-refractivity contribution in [2.45, 2.75) is 25.1 Å². The lowest BCUT2D eigenvalue weighted by Gasteiger charge is -2.15. The van der Waals surface area contributed by atoms with Crippen molar-refractivity contribution < 1.29 is 13.2 Å². The van der Waals surface area contributed by atoms with Gasteiger partial charge in [-0.1, -0.05) is 12.1 Å². The summed E-state index contributed by atoms with van der Waals surface area (Å²) in [5, 5.41) is 4.07. The minimum Gasteiger partial charge on any atom is -0.276 e. The molecule has 3 N–H and O–H groups in total. The molecule has 2 rings (SSSR count). The van der Waals surface area contributed by atoms with Crippen molar-refractivity contribution in [2.24, 2.45) is 12.9 Å². The van der Waals surface area contributed by atoms with Crippen LogP contribution in [0.15, 0.2) is 36.7 Å². The maximum absolute atomic E-state index is 12.5. The van der Waals surface area contributed by atoms with Crippen LogP contribution in [0, 0.1) is 0 Å². The van der Waals surface area contributed by atoms with Crippen LogP contribution in [-0.4, -0.2) is 15.8 Å². The van der Waals surface area contributed by atoms with Crippen molar-refractivity contribution in [2.75, 3.05) is 0 Å². The Morgan fingerprint density at radius 1 is 1.19 bits per heavy atom. The Labute approximate surface area is 120 Å². The van der Waals surface area contributed by atoms with Crippen LogP contribution in [0.2, 0.25) is 0 Å². The Balaban J connectivity index is 2.01. The number of nitrogens with zero attached hydrogens (tertiary/aromatic N) is 2. The SMILES string of the molecule is Cn1cc(CC(Cc2ccc(C(F)(F)F)cc2)NN)cn1. The molecule has 0 amide bonds. The fourth-order valence-corrected chi connectivity index (χ4v) is 2.17. The van der Waals surface area contributed by atoms with E-state index in [1.165, 1.54) is 12.1 Å². The van der Waals surface area contributed by atoms with E-state index in [0.717, 1.165) is 23.3 Å². The van der Waals surface area contributed by atoms with E-state index in [1.807, 2.05) is 13.2 Å². The first-order chi connectivity index (χ1) is 9.88. The number of hydrazine groups is 1. The highest BCUT2D eigenvalue weighted by molar-refractivity contribution is 5.25. The standard InChI is InChI=1S/C14H17F3N4/c1-21-9-11(8-19-21)7-13(20-18)6-10-2-4-12(5-3-10)14(15,16)17/h2-5,8-9,13,20H,6-7,18H2,1H3. The minimum absolute atomic E-state index is 0.0639. The second-order valence-electron chi connectivity index (χ2n) is 4.99. The van der Waals surface area contributed by atoms with Gasteiger partial charge in [0.1, 0.15) is 0 Å². The van der Waals surface area contributed by atoms with Crippen molar-refractivity contribution in [3.63, 3.8) is 0 Å². The van der Waals surface area contributed by atoms with E-state index < -0.39 is 11.7 Å². The molecule has 0 saturated heterocycles. The van der Waals surface area contributed by atoms with E-state index in [-0.39, 0.29) is 6.04 Å². The molecule has 0 fully saturated rings. The number of nitrogens with one attached hydrogen (secondary N) is 1. The van der Waals surface area contributed by atoms with Crippen LogP contribution < -0.4 is 11.3 Å². The molecule has 7 heteroatoms. The zero-order chi connectivity index (χ0) is 15.5. The third kappa shape index (κ3) is 4.30. The summed E-state index contributed by atoms with van der Waals surface area (Å²) in [7, 11) is 1.82. The number of halogens is 3. The second kappa shape index (κ2) is 6.28. The van der Waals surface area contributed by atoms with E-state index in [4.69, 9.17) is 5.84 Å². The number of benzene rings is 1. The van der Waals surface area contributed by atoms with Crippen molar-refractivity contribution >= 4 is 0 Å². The van der Waals surface area contributed by atoms with Gasteiger partial charge in [0.15, 0.2) is 0 Å². The number of hydrogen-bond acceptors (Lipinski definition) is 3. The molecule has 1 aromatic carbocycles. The van der Waals surface area contributed by atoms with Gasteiger partial charge in [-0.25, -0.2) is 0 Å². The van der Waals surface area contributed by atoms with Gasteiger partial charge in [-0.3, -0.25) is 16.0 Å². The van der Waals surface area contributed by atoms with Crippen LogP contribution in [0.1, 0.15) is 16.7 Å². The zero-order valence-electron chi connectivity index (χ0n) is 11.6. The quantitative estimate of drug-likeness (QED) is 0.656. The van der Waals surface area contributed by atoms with Crippen LogP contribution in [-0.2, 0) is 26.1 Å². The molecule has 0 aliphatic rings. The largest absolute Gasteiger partial charge is 0.416 e. The average Bonchev–Trinajstić information content (AvgIpc) is 2.83. The van der Waals surface area contributed by atoms with E-state index in [2.05, 4.69) is 10.5 Å². The van der Waals surface area contributed by atoms with Crippen molar-refractivity contribution in [1.82, 2.24) is 15.2 Å². The van der Waals surface area contributed by atoms with E-state index in [9.17, 15) is 13.2 Å². The molecule has 0 saturated carbocycles. The highest BCUT2D eigenvalue weighted by Crippen LogP contribution is 2.29. The first kappa shape index (κ1) is 15.5. The van der Waals surface area contributed by atoms with Gasteiger partial charge in [0, 0.05) is 19.3 Å². The summed E-state index contributed by atoms with van der Waals surface area (Å²) >= 11 is 0. The molecule has 2 aromatic rings. The number of hydrogen-bond donors (Lipinski definition) is 2. The molecule has 0 radical (unpaired) electrons. The molecule has 0 spiro atoms. The molecule has 4 nitrogen and oxygen atoms in total. The van der Waals surface area contributed by atoms with Crippen LogP contribution in [0.25, 0.3) is 0 Å². The zero-order valence-corrected chi connectivity index (χ0v) is 11.6. The summed E-state index contributed by atoms with van der Waals surface area (Å²) in [5.41, 5.74) is 3.87. The molecular formula is C14H17F3N4. The van der Waals surface area contributed by atoms with Crippen LogP contribution in [0.5, 0.6) is 0 Å². The van der Waals surface area contributed by atoms with Gasteiger partial charge in [0.2, 0.25) is 0 Å². The van der Waals surface area contributed by atoms with E-state index in [1.54, 1.807) is 10.9 Å². The van der Waals surface area contributed by atoms with Crippen molar-refractivity contribution in [3.8, 4) is 0 Å². The van der Waals surface area contributed by atoms with Gasteiger partial charge < -0.3 is 0 Å². The fraction of sp³-hybridized carbons (Fsp3) is 0.357. The van der Waals surface area contributed by atoms with Crippen LogP contribution >= 0.6 is 0 Å². The topological polar surface area (TPSA) is 55.9 Å². The molecule has 0 aliphatic heterocycles.